The summed E-state index contributed by atoms with van der Waals surface area (Å²) in [4.78, 5) is 12.6. The lowest BCUT2D eigenvalue weighted by Crippen LogP contribution is -2.47. The highest BCUT2D eigenvalue weighted by atomic mass is 32.2. The fourth-order valence-electron chi connectivity index (χ4n) is 4.11. The summed E-state index contributed by atoms with van der Waals surface area (Å²) in [5, 5.41) is 17.5. The number of rotatable bonds is 7. The van der Waals surface area contributed by atoms with Crippen LogP contribution in [0.3, 0.4) is 0 Å². The lowest BCUT2D eigenvalue weighted by atomic mass is 9.95. The van der Waals surface area contributed by atoms with Crippen molar-refractivity contribution in [2.24, 2.45) is 13.0 Å². The minimum absolute atomic E-state index is 0.0147. The van der Waals surface area contributed by atoms with Gasteiger partial charge in [-0.25, -0.2) is 23.4 Å². The van der Waals surface area contributed by atoms with Gasteiger partial charge in [0.1, 0.15) is 10.5 Å². The number of hydrogen-bond acceptors (Lipinski definition) is 9. The number of aromatic nitrogens is 5. The zero-order valence-electron chi connectivity index (χ0n) is 20.7. The van der Waals surface area contributed by atoms with E-state index in [-0.39, 0.29) is 52.9 Å². The van der Waals surface area contributed by atoms with Gasteiger partial charge in [0.05, 0.1) is 27.4 Å². The van der Waals surface area contributed by atoms with Crippen molar-refractivity contribution < 1.29 is 26.7 Å². The first kappa shape index (κ1) is 27.4. The number of hydrogen-bond donors (Lipinski definition) is 2. The number of aliphatic hydroxyl groups is 1. The smallest absolute Gasteiger partial charge is 0.390 e. The molecule has 1 aliphatic rings. The van der Waals surface area contributed by atoms with E-state index in [2.05, 4.69) is 25.4 Å². The Morgan fingerprint density at radius 1 is 1.22 bits per heavy atom. The highest BCUT2D eigenvalue weighted by Crippen LogP contribution is 2.38. The monoisotopic (exact) mass is 559 g/mol. The topological polar surface area (TPSA) is 126 Å². The SMILES string of the molecule is C[C@@H]1CN(S(=O)(=O)c2cnn(C)c2)CC[C@@H]1Nc1ncc(C(F)(F)F)c(-c2cnc(CC(C)(C)O)s2)n1. The van der Waals surface area contributed by atoms with E-state index >= 15 is 0 Å². The van der Waals surface area contributed by atoms with Gasteiger partial charge >= 0.3 is 6.18 Å². The molecule has 0 bridgehead atoms. The number of aryl methyl sites for hydroxylation is 1. The van der Waals surface area contributed by atoms with E-state index in [9.17, 15) is 26.7 Å². The van der Waals surface area contributed by atoms with Crippen LogP contribution >= 0.6 is 11.3 Å². The highest BCUT2D eigenvalue weighted by molar-refractivity contribution is 7.89. The largest absolute Gasteiger partial charge is 0.420 e. The van der Waals surface area contributed by atoms with E-state index in [1.807, 2.05) is 6.92 Å². The summed E-state index contributed by atoms with van der Waals surface area (Å²) >= 11 is 1.03. The summed E-state index contributed by atoms with van der Waals surface area (Å²) in [5.41, 5.74) is -2.34. The van der Waals surface area contributed by atoms with Crippen molar-refractivity contribution in [2.75, 3.05) is 18.4 Å². The molecule has 4 rings (SSSR count). The van der Waals surface area contributed by atoms with Gasteiger partial charge in [-0.3, -0.25) is 4.68 Å². The molecule has 3 aromatic heterocycles. The van der Waals surface area contributed by atoms with Crippen molar-refractivity contribution in [3.05, 3.63) is 35.4 Å². The van der Waals surface area contributed by atoms with Crippen molar-refractivity contribution in [1.82, 2.24) is 29.0 Å². The molecule has 0 amide bonds. The molecule has 0 unspecified atom stereocenters. The highest BCUT2D eigenvalue weighted by Gasteiger charge is 2.37. The standard InChI is InChI=1S/C22H28F3N7O3S2/c1-13-11-32(37(34,35)14-8-28-31(4)12-14)6-5-16(13)29-20-27-9-15(22(23,24)25)19(30-20)17-10-26-18(36-17)7-21(2,3)33/h8-10,12-13,16,33H,5-7,11H2,1-4H3,(H,27,29,30)/t13-,16+/m1/s1. The summed E-state index contributed by atoms with van der Waals surface area (Å²) in [5.74, 6) is -0.155. The third-order valence-corrected chi connectivity index (χ3v) is 8.79. The molecule has 0 aliphatic carbocycles. The Morgan fingerprint density at radius 3 is 2.54 bits per heavy atom. The maximum absolute atomic E-state index is 13.7. The third-order valence-electron chi connectivity index (χ3n) is 5.97. The molecule has 15 heteroatoms. The van der Waals surface area contributed by atoms with Crippen molar-refractivity contribution in [1.29, 1.82) is 0 Å². The van der Waals surface area contributed by atoms with Crippen LogP contribution in [0, 0.1) is 5.92 Å². The Morgan fingerprint density at radius 2 is 1.95 bits per heavy atom. The van der Waals surface area contributed by atoms with Crippen LogP contribution in [0.1, 0.15) is 37.8 Å². The number of halogens is 3. The van der Waals surface area contributed by atoms with E-state index in [1.165, 1.54) is 27.6 Å². The van der Waals surface area contributed by atoms with E-state index in [4.69, 9.17) is 0 Å². The van der Waals surface area contributed by atoms with Crippen molar-refractivity contribution >= 4 is 27.3 Å². The van der Waals surface area contributed by atoms with Crippen LogP contribution in [0.15, 0.2) is 29.7 Å². The minimum atomic E-state index is -4.67. The molecule has 1 fully saturated rings. The van der Waals surface area contributed by atoms with E-state index in [1.54, 1.807) is 20.9 Å². The molecule has 0 radical (unpaired) electrons. The molecule has 10 nitrogen and oxygen atoms in total. The maximum atomic E-state index is 13.7. The van der Waals surface area contributed by atoms with Crippen molar-refractivity contribution in [3.63, 3.8) is 0 Å². The van der Waals surface area contributed by atoms with Gasteiger partial charge in [0.25, 0.3) is 0 Å². The Bertz CT molecular complexity index is 1370. The Balaban J connectivity index is 1.54. The van der Waals surface area contributed by atoms with Crippen LogP contribution in [0.5, 0.6) is 0 Å². The molecule has 37 heavy (non-hydrogen) atoms. The molecule has 0 aromatic carbocycles. The van der Waals surface area contributed by atoms with Crippen molar-refractivity contribution in [3.8, 4) is 10.6 Å². The second kappa shape index (κ2) is 9.93. The van der Waals surface area contributed by atoms with E-state index in [0.717, 1.165) is 17.5 Å². The Labute approximate surface area is 216 Å². The minimum Gasteiger partial charge on any atom is -0.390 e. The number of sulfonamides is 1. The zero-order chi connectivity index (χ0) is 27.2. The molecular weight excluding hydrogens is 531 g/mol. The predicted octanol–water partition coefficient (Wildman–Crippen LogP) is 3.18. The fourth-order valence-corrected chi connectivity index (χ4v) is 6.79. The molecule has 0 saturated carbocycles. The first-order valence-electron chi connectivity index (χ1n) is 11.5. The summed E-state index contributed by atoms with van der Waals surface area (Å²) in [6.45, 7) is 5.49. The second-order valence-electron chi connectivity index (χ2n) is 9.79. The predicted molar refractivity (Wildman–Crippen MR) is 131 cm³/mol. The summed E-state index contributed by atoms with van der Waals surface area (Å²) in [6.07, 6.45) is 0.726. The number of anilines is 1. The second-order valence-corrected chi connectivity index (χ2v) is 12.8. The molecule has 4 heterocycles. The summed E-state index contributed by atoms with van der Waals surface area (Å²) < 4.78 is 69.9. The number of nitrogens with one attached hydrogen (secondary N) is 1. The van der Waals surface area contributed by atoms with Gasteiger partial charge in [0.2, 0.25) is 16.0 Å². The number of alkyl halides is 3. The third kappa shape index (κ3) is 6.27. The quantitative estimate of drug-likeness (QED) is 0.452. The first-order valence-corrected chi connectivity index (χ1v) is 13.8. The molecule has 1 saturated heterocycles. The van der Waals surface area contributed by atoms with E-state index < -0.39 is 27.4 Å². The first-order chi connectivity index (χ1) is 17.1. The Hall–Kier alpha value is -2.62. The van der Waals surface area contributed by atoms with Gasteiger partial charge < -0.3 is 10.4 Å². The number of piperidine rings is 1. The molecule has 1 aliphatic heterocycles. The average Bonchev–Trinajstić information content (AvgIpc) is 3.42. The van der Waals surface area contributed by atoms with Crippen LogP contribution in [-0.2, 0) is 29.7 Å². The van der Waals surface area contributed by atoms with Gasteiger partial charge in [0, 0.05) is 51.2 Å². The Kier molecular flexibility index (Phi) is 7.35. The number of thiazole rings is 1. The molecule has 2 atom stereocenters. The van der Waals surface area contributed by atoms with Gasteiger partial charge in [-0.05, 0) is 26.2 Å². The van der Waals surface area contributed by atoms with Gasteiger partial charge in [0.15, 0.2) is 0 Å². The van der Waals surface area contributed by atoms with Gasteiger partial charge in [-0.1, -0.05) is 6.92 Å². The lowest BCUT2D eigenvalue weighted by Gasteiger charge is -2.36. The van der Waals surface area contributed by atoms with Gasteiger partial charge in [-0.15, -0.1) is 11.3 Å². The molecule has 202 valence electrons. The zero-order valence-corrected chi connectivity index (χ0v) is 22.3. The average molecular weight is 560 g/mol. The molecule has 3 aromatic rings. The fraction of sp³-hybridized carbons (Fsp3) is 0.545. The summed E-state index contributed by atoms with van der Waals surface area (Å²) in [6, 6.07) is -0.253. The molecule has 0 spiro atoms. The van der Waals surface area contributed by atoms with Crippen LogP contribution < -0.4 is 5.32 Å². The van der Waals surface area contributed by atoms with Crippen molar-refractivity contribution in [2.45, 2.75) is 56.3 Å². The van der Waals surface area contributed by atoms with Gasteiger partial charge in [-0.2, -0.15) is 22.6 Å². The number of nitrogens with zero attached hydrogens (tertiary/aromatic N) is 6. The molecular formula is C22H28F3N7O3S2. The van der Waals surface area contributed by atoms with E-state index in [0.29, 0.717) is 11.4 Å². The van der Waals surface area contributed by atoms with Crippen LogP contribution in [-0.4, -0.2) is 67.3 Å². The summed E-state index contributed by atoms with van der Waals surface area (Å²) in [7, 11) is -2.07. The van der Waals surface area contributed by atoms with Crippen LogP contribution in [0.2, 0.25) is 0 Å². The van der Waals surface area contributed by atoms with Crippen LogP contribution in [0.25, 0.3) is 10.6 Å². The normalized spacial score (nSPS) is 19.8. The molecule has 2 N–H and O–H groups in total. The maximum Gasteiger partial charge on any atom is 0.420 e. The lowest BCUT2D eigenvalue weighted by molar-refractivity contribution is -0.137. The van der Waals surface area contributed by atoms with Crippen LogP contribution in [0.4, 0.5) is 19.1 Å².